The van der Waals surface area contributed by atoms with Gasteiger partial charge < -0.3 is 24.7 Å². The second-order valence-electron chi connectivity index (χ2n) is 9.57. The number of ether oxygens (including phenoxy) is 1. The van der Waals surface area contributed by atoms with Gasteiger partial charge in [-0.1, -0.05) is 0 Å². The van der Waals surface area contributed by atoms with Crippen molar-refractivity contribution in [3.05, 3.63) is 71.5 Å². The van der Waals surface area contributed by atoms with Gasteiger partial charge in [-0.25, -0.2) is 14.4 Å². The average molecular weight is 572 g/mol. The van der Waals surface area contributed by atoms with Gasteiger partial charge in [-0.05, 0) is 62.4 Å². The van der Waals surface area contributed by atoms with Crippen molar-refractivity contribution >= 4 is 28.4 Å². The molecule has 2 amide bonds. The number of aromatic nitrogens is 2. The average Bonchev–Trinajstić information content (AvgIpc) is 3.39. The summed E-state index contributed by atoms with van der Waals surface area (Å²) in [6, 6.07) is 8.85. The number of alkyl halides is 3. The monoisotopic (exact) mass is 571 g/mol. The van der Waals surface area contributed by atoms with Gasteiger partial charge >= 0.3 is 6.18 Å². The number of hydrogen-bond acceptors (Lipinski definition) is 7. The Labute approximate surface area is 231 Å². The Morgan fingerprint density at radius 1 is 1.10 bits per heavy atom. The Hall–Kier alpha value is -4.52. The number of methoxy groups -OCH3 is 1. The Kier molecular flexibility index (Phi) is 7.15. The summed E-state index contributed by atoms with van der Waals surface area (Å²) in [6.45, 7) is 3.48. The number of carbonyl (C=O) groups excluding carboxylic acids is 2. The molecule has 1 aliphatic heterocycles. The van der Waals surface area contributed by atoms with Crippen molar-refractivity contribution in [2.45, 2.75) is 32.1 Å². The van der Waals surface area contributed by atoms with Gasteiger partial charge in [-0.3, -0.25) is 9.59 Å². The zero-order chi connectivity index (χ0) is 29.6. The van der Waals surface area contributed by atoms with E-state index in [0.29, 0.717) is 5.69 Å². The largest absolute Gasteiger partial charge is 0.494 e. The smallest absolute Gasteiger partial charge is 0.433 e. The Morgan fingerprint density at radius 3 is 2.44 bits per heavy atom. The van der Waals surface area contributed by atoms with Gasteiger partial charge in [0.15, 0.2) is 11.5 Å². The van der Waals surface area contributed by atoms with Crippen molar-refractivity contribution in [1.29, 1.82) is 0 Å². The van der Waals surface area contributed by atoms with Crippen LogP contribution in [0.2, 0.25) is 0 Å². The first kappa shape index (κ1) is 28.0. The predicted molar refractivity (Wildman–Crippen MR) is 141 cm³/mol. The number of rotatable bonds is 5. The second-order valence-corrected chi connectivity index (χ2v) is 9.57. The first-order valence-electron chi connectivity index (χ1n) is 12.6. The highest BCUT2D eigenvalue weighted by molar-refractivity contribution is 6.03. The number of carbonyl (C=O) groups is 2. The number of nitrogens with two attached hydrogens (primary N) is 1. The van der Waals surface area contributed by atoms with Crippen molar-refractivity contribution in [2.24, 2.45) is 5.73 Å². The first-order valence-corrected chi connectivity index (χ1v) is 12.6. The van der Waals surface area contributed by atoms with Crippen molar-refractivity contribution < 1.29 is 36.3 Å². The fraction of sp³-hybridized carbons (Fsp3) is 0.286. The molecule has 4 aromatic rings. The maximum absolute atomic E-state index is 13.7. The minimum absolute atomic E-state index is 0.0504. The highest BCUT2D eigenvalue weighted by atomic mass is 19.4. The lowest BCUT2D eigenvalue weighted by Crippen LogP contribution is -2.58. The number of hydrogen-bond donors (Lipinski definition) is 1. The van der Waals surface area contributed by atoms with Crippen LogP contribution in [0.3, 0.4) is 0 Å². The number of amides is 2. The fourth-order valence-corrected chi connectivity index (χ4v) is 4.77. The minimum Gasteiger partial charge on any atom is -0.494 e. The summed E-state index contributed by atoms with van der Waals surface area (Å²) < 4.78 is 64.5. The molecular formula is C28H25F4N5O4. The van der Waals surface area contributed by atoms with E-state index in [0.717, 1.165) is 6.07 Å². The topological polar surface area (TPSA) is 115 Å². The maximum atomic E-state index is 13.7. The van der Waals surface area contributed by atoms with E-state index in [1.165, 1.54) is 59.4 Å². The normalized spacial score (nSPS) is 16.8. The van der Waals surface area contributed by atoms with Gasteiger partial charge in [-0.15, -0.1) is 0 Å². The van der Waals surface area contributed by atoms with Crippen LogP contribution >= 0.6 is 0 Å². The summed E-state index contributed by atoms with van der Waals surface area (Å²) in [6.07, 6.45) is -4.67. The molecular weight excluding hydrogens is 546 g/mol. The molecule has 2 aromatic carbocycles. The van der Waals surface area contributed by atoms with Crippen molar-refractivity contribution in [2.75, 3.05) is 25.1 Å². The van der Waals surface area contributed by atoms with E-state index in [1.54, 1.807) is 13.8 Å². The molecule has 3 heterocycles. The molecule has 2 N–H and O–H groups in total. The highest BCUT2D eigenvalue weighted by Gasteiger charge is 2.38. The number of fused-ring (bicyclic) bond motifs is 1. The number of benzene rings is 2. The number of oxazole rings is 1. The predicted octanol–water partition coefficient (Wildman–Crippen LogP) is 4.95. The molecule has 214 valence electrons. The zero-order valence-corrected chi connectivity index (χ0v) is 22.2. The standard InChI is InChI=1S/C28H25F4N5O4/c1-14(33)24-23(27(39)36-12-13-37(26(38)15(36)2)17-6-4-16(29)5-7-17)35-25(41-24)19-8-10-20(40-3)22-18(19)9-11-21(34-22)28(30,31)32/h4-11,14-15H,12-13,33H2,1-3H3/t14-,15-/m0/s1. The van der Waals surface area contributed by atoms with Crippen LogP contribution in [0.15, 0.2) is 52.9 Å². The lowest BCUT2D eigenvalue weighted by atomic mass is 10.1. The van der Waals surface area contributed by atoms with Crippen LogP contribution in [0.5, 0.6) is 5.75 Å². The van der Waals surface area contributed by atoms with Crippen LogP contribution in [0.4, 0.5) is 23.2 Å². The highest BCUT2D eigenvalue weighted by Crippen LogP contribution is 2.37. The number of nitrogens with zero attached hydrogens (tertiary/aromatic N) is 4. The van der Waals surface area contributed by atoms with Gasteiger partial charge in [0.2, 0.25) is 11.8 Å². The SMILES string of the molecule is COc1ccc(-c2nc(C(=O)N3CCN(c4ccc(F)cc4)C(=O)[C@@H]3C)c([C@H](C)N)o2)c2ccc(C(F)(F)F)nc12. The molecule has 1 aliphatic rings. The molecule has 2 aromatic heterocycles. The van der Waals surface area contributed by atoms with Gasteiger partial charge in [0.25, 0.3) is 5.91 Å². The number of pyridine rings is 1. The summed E-state index contributed by atoms with van der Waals surface area (Å²) in [4.78, 5) is 37.9. The number of piperazine rings is 1. The van der Waals surface area contributed by atoms with E-state index in [2.05, 4.69) is 9.97 Å². The minimum atomic E-state index is -4.67. The maximum Gasteiger partial charge on any atom is 0.433 e. The third-order valence-electron chi connectivity index (χ3n) is 6.89. The van der Waals surface area contributed by atoms with Crippen LogP contribution in [0.25, 0.3) is 22.4 Å². The second kappa shape index (κ2) is 10.5. The molecule has 0 aliphatic carbocycles. The molecule has 0 saturated carbocycles. The van der Waals surface area contributed by atoms with Crippen LogP contribution in [-0.2, 0) is 11.0 Å². The van der Waals surface area contributed by atoms with Crippen molar-refractivity contribution in [3.63, 3.8) is 0 Å². The first-order chi connectivity index (χ1) is 19.4. The van der Waals surface area contributed by atoms with Crippen LogP contribution in [-0.4, -0.2) is 52.9 Å². The van der Waals surface area contributed by atoms with Crippen LogP contribution in [0.1, 0.15) is 41.8 Å². The van der Waals surface area contributed by atoms with Gasteiger partial charge in [0.05, 0.1) is 13.2 Å². The Balaban J connectivity index is 1.51. The van der Waals surface area contributed by atoms with E-state index in [-0.39, 0.29) is 58.6 Å². The lowest BCUT2D eigenvalue weighted by Gasteiger charge is -2.38. The van der Waals surface area contributed by atoms with E-state index < -0.39 is 35.7 Å². The van der Waals surface area contributed by atoms with Gasteiger partial charge in [0, 0.05) is 29.7 Å². The van der Waals surface area contributed by atoms with E-state index in [4.69, 9.17) is 14.9 Å². The molecule has 0 spiro atoms. The van der Waals surface area contributed by atoms with E-state index >= 15 is 0 Å². The molecule has 0 bridgehead atoms. The van der Waals surface area contributed by atoms with E-state index in [1.807, 2.05) is 0 Å². The number of halogens is 4. The molecule has 9 nitrogen and oxygen atoms in total. The molecule has 13 heteroatoms. The Bertz CT molecular complexity index is 1640. The molecule has 2 atom stereocenters. The summed E-state index contributed by atoms with van der Waals surface area (Å²) in [5.41, 5.74) is 5.60. The molecule has 1 saturated heterocycles. The lowest BCUT2D eigenvalue weighted by molar-refractivity contribution is -0.141. The molecule has 1 fully saturated rings. The molecule has 0 unspecified atom stereocenters. The third kappa shape index (κ3) is 5.08. The molecule has 5 rings (SSSR count). The van der Waals surface area contributed by atoms with Crippen LogP contribution in [0, 0.1) is 5.82 Å². The number of anilines is 1. The molecule has 41 heavy (non-hydrogen) atoms. The zero-order valence-electron chi connectivity index (χ0n) is 22.2. The summed E-state index contributed by atoms with van der Waals surface area (Å²) in [5, 5.41) is 0.255. The van der Waals surface area contributed by atoms with Crippen LogP contribution < -0.4 is 15.4 Å². The van der Waals surface area contributed by atoms with Gasteiger partial charge in [-0.2, -0.15) is 13.2 Å². The molecule has 0 radical (unpaired) electrons. The summed E-state index contributed by atoms with van der Waals surface area (Å²) in [7, 11) is 1.31. The fourth-order valence-electron chi connectivity index (χ4n) is 4.77. The summed E-state index contributed by atoms with van der Waals surface area (Å²) in [5.74, 6) is -1.29. The Morgan fingerprint density at radius 2 is 1.80 bits per heavy atom. The van der Waals surface area contributed by atoms with Gasteiger partial charge in [0.1, 0.15) is 28.8 Å². The quantitative estimate of drug-likeness (QED) is 0.337. The summed E-state index contributed by atoms with van der Waals surface area (Å²) >= 11 is 0. The van der Waals surface area contributed by atoms with Crippen molar-refractivity contribution in [1.82, 2.24) is 14.9 Å². The van der Waals surface area contributed by atoms with E-state index in [9.17, 15) is 27.2 Å². The third-order valence-corrected chi connectivity index (χ3v) is 6.89. The van der Waals surface area contributed by atoms with Crippen molar-refractivity contribution in [3.8, 4) is 17.2 Å².